The molecule has 0 spiro atoms. The summed E-state index contributed by atoms with van der Waals surface area (Å²) in [5, 5.41) is 3.07. The Bertz CT molecular complexity index is 257. The Balaban J connectivity index is 2.36. The number of carbonyl (C=O) groups is 1. The third kappa shape index (κ3) is 5.07. The van der Waals surface area contributed by atoms with Crippen molar-refractivity contribution in [1.29, 1.82) is 0 Å². The van der Waals surface area contributed by atoms with Crippen LogP contribution < -0.4 is 11.1 Å². The quantitative estimate of drug-likeness (QED) is 0.795. The second-order valence-electron chi connectivity index (χ2n) is 6.76. The molecule has 1 aliphatic rings. The van der Waals surface area contributed by atoms with E-state index in [1.54, 1.807) is 0 Å². The minimum atomic E-state index is 0.124. The van der Waals surface area contributed by atoms with E-state index < -0.39 is 0 Å². The number of nitrogens with one attached hydrogen (secondary N) is 1. The van der Waals surface area contributed by atoms with Crippen molar-refractivity contribution < 1.29 is 4.79 Å². The SMILES string of the molecule is CC1CCC(N)CC1C(=O)NCCC(C)(C)C. The van der Waals surface area contributed by atoms with E-state index >= 15 is 0 Å². The molecule has 3 atom stereocenters. The van der Waals surface area contributed by atoms with E-state index in [4.69, 9.17) is 5.73 Å². The molecule has 1 fully saturated rings. The lowest BCUT2D eigenvalue weighted by Gasteiger charge is -2.31. The third-order valence-electron chi connectivity index (χ3n) is 3.75. The van der Waals surface area contributed by atoms with Crippen molar-refractivity contribution in [2.45, 2.75) is 59.4 Å². The smallest absolute Gasteiger partial charge is 0.223 e. The van der Waals surface area contributed by atoms with E-state index in [1.165, 1.54) is 0 Å². The van der Waals surface area contributed by atoms with Gasteiger partial charge in [0.05, 0.1) is 0 Å². The highest BCUT2D eigenvalue weighted by Gasteiger charge is 2.31. The van der Waals surface area contributed by atoms with Crippen molar-refractivity contribution >= 4 is 5.91 Å². The minimum absolute atomic E-state index is 0.124. The Labute approximate surface area is 106 Å². The fraction of sp³-hybridized carbons (Fsp3) is 0.929. The van der Waals surface area contributed by atoms with Crippen molar-refractivity contribution in [1.82, 2.24) is 5.32 Å². The van der Waals surface area contributed by atoms with Gasteiger partial charge in [0.25, 0.3) is 0 Å². The lowest BCUT2D eigenvalue weighted by Crippen LogP contribution is -2.42. The Morgan fingerprint density at radius 1 is 1.35 bits per heavy atom. The Hall–Kier alpha value is -0.570. The molecule has 0 heterocycles. The highest BCUT2D eigenvalue weighted by atomic mass is 16.1. The molecule has 1 amide bonds. The summed E-state index contributed by atoms with van der Waals surface area (Å²) in [6.45, 7) is 9.52. The van der Waals surface area contributed by atoms with E-state index in [1.807, 2.05) is 0 Å². The molecule has 1 saturated carbocycles. The van der Waals surface area contributed by atoms with E-state index in [2.05, 4.69) is 33.0 Å². The first-order valence-electron chi connectivity index (χ1n) is 6.83. The number of nitrogens with two attached hydrogens (primary N) is 1. The van der Waals surface area contributed by atoms with Crippen LogP contribution in [0.25, 0.3) is 0 Å². The molecule has 3 nitrogen and oxygen atoms in total. The van der Waals surface area contributed by atoms with Crippen LogP contribution in [0.5, 0.6) is 0 Å². The zero-order valence-electron chi connectivity index (χ0n) is 11.8. The molecule has 0 radical (unpaired) electrons. The van der Waals surface area contributed by atoms with E-state index in [9.17, 15) is 4.79 Å². The van der Waals surface area contributed by atoms with Gasteiger partial charge in [0.15, 0.2) is 0 Å². The summed E-state index contributed by atoms with van der Waals surface area (Å²) < 4.78 is 0. The van der Waals surface area contributed by atoms with Crippen LogP contribution in [0.15, 0.2) is 0 Å². The average Bonchev–Trinajstić information content (AvgIpc) is 2.19. The van der Waals surface area contributed by atoms with Crippen LogP contribution in [0.2, 0.25) is 0 Å². The highest BCUT2D eigenvalue weighted by Crippen LogP contribution is 2.29. The highest BCUT2D eigenvalue weighted by molar-refractivity contribution is 5.79. The van der Waals surface area contributed by atoms with Crippen molar-refractivity contribution in [3.8, 4) is 0 Å². The number of rotatable bonds is 3. The standard InChI is InChI=1S/C14H28N2O/c1-10-5-6-11(15)9-12(10)13(17)16-8-7-14(2,3)4/h10-12H,5-9,15H2,1-4H3,(H,16,17). The third-order valence-corrected chi connectivity index (χ3v) is 3.75. The molecule has 0 bridgehead atoms. The van der Waals surface area contributed by atoms with Gasteiger partial charge in [0.2, 0.25) is 5.91 Å². The summed E-state index contributed by atoms with van der Waals surface area (Å²) in [6.07, 6.45) is 4.01. The summed E-state index contributed by atoms with van der Waals surface area (Å²) in [5.74, 6) is 0.806. The first-order chi connectivity index (χ1) is 7.79. The fourth-order valence-electron chi connectivity index (χ4n) is 2.41. The minimum Gasteiger partial charge on any atom is -0.356 e. The van der Waals surface area contributed by atoms with Crippen LogP contribution in [-0.4, -0.2) is 18.5 Å². The van der Waals surface area contributed by atoms with Crippen LogP contribution in [0.3, 0.4) is 0 Å². The number of carbonyl (C=O) groups excluding carboxylic acids is 1. The van der Waals surface area contributed by atoms with Gasteiger partial charge >= 0.3 is 0 Å². The number of hydrogen-bond acceptors (Lipinski definition) is 2. The topological polar surface area (TPSA) is 55.1 Å². The summed E-state index contributed by atoms with van der Waals surface area (Å²) in [4.78, 5) is 12.1. The van der Waals surface area contributed by atoms with Gasteiger partial charge < -0.3 is 11.1 Å². The average molecular weight is 240 g/mol. The Morgan fingerprint density at radius 3 is 2.59 bits per heavy atom. The molecule has 0 saturated heterocycles. The van der Waals surface area contributed by atoms with Gasteiger partial charge in [0.1, 0.15) is 0 Å². The largest absolute Gasteiger partial charge is 0.356 e. The van der Waals surface area contributed by atoms with Crippen LogP contribution >= 0.6 is 0 Å². The van der Waals surface area contributed by atoms with E-state index in [0.29, 0.717) is 5.92 Å². The first-order valence-corrected chi connectivity index (χ1v) is 6.83. The maximum Gasteiger partial charge on any atom is 0.223 e. The molecule has 3 N–H and O–H groups in total. The van der Waals surface area contributed by atoms with Gasteiger partial charge in [-0.3, -0.25) is 4.79 Å². The van der Waals surface area contributed by atoms with Gasteiger partial charge in [-0.1, -0.05) is 27.7 Å². The van der Waals surface area contributed by atoms with E-state index in [-0.39, 0.29) is 23.3 Å². The number of amides is 1. The molecule has 1 rings (SSSR count). The number of hydrogen-bond donors (Lipinski definition) is 2. The lowest BCUT2D eigenvalue weighted by molar-refractivity contribution is -0.127. The second kappa shape index (κ2) is 5.85. The predicted octanol–water partition coefficient (Wildman–Crippen LogP) is 2.30. The molecule has 100 valence electrons. The zero-order valence-corrected chi connectivity index (χ0v) is 11.8. The molecule has 1 aliphatic carbocycles. The molecule has 3 heteroatoms. The van der Waals surface area contributed by atoms with Gasteiger partial charge in [-0.25, -0.2) is 0 Å². The Morgan fingerprint density at radius 2 is 2.00 bits per heavy atom. The summed E-state index contributed by atoms with van der Waals surface area (Å²) in [7, 11) is 0. The maximum atomic E-state index is 12.1. The second-order valence-corrected chi connectivity index (χ2v) is 6.76. The van der Waals surface area contributed by atoms with Gasteiger partial charge in [-0.15, -0.1) is 0 Å². The molecule has 0 aromatic heterocycles. The molecule has 0 aliphatic heterocycles. The monoisotopic (exact) mass is 240 g/mol. The van der Waals surface area contributed by atoms with Crippen molar-refractivity contribution in [2.24, 2.45) is 23.0 Å². The van der Waals surface area contributed by atoms with E-state index in [0.717, 1.165) is 32.2 Å². The molecular formula is C14H28N2O. The van der Waals surface area contributed by atoms with Crippen molar-refractivity contribution in [3.63, 3.8) is 0 Å². The van der Waals surface area contributed by atoms with Crippen LogP contribution in [0, 0.1) is 17.3 Å². The van der Waals surface area contributed by atoms with Gasteiger partial charge in [-0.05, 0) is 37.0 Å². The summed E-state index contributed by atoms with van der Waals surface area (Å²) >= 11 is 0. The molecule has 0 aromatic carbocycles. The van der Waals surface area contributed by atoms with Crippen LogP contribution in [0.4, 0.5) is 0 Å². The van der Waals surface area contributed by atoms with Gasteiger partial charge in [-0.2, -0.15) is 0 Å². The first kappa shape index (κ1) is 14.5. The summed E-state index contributed by atoms with van der Waals surface area (Å²) in [6, 6.07) is 0.213. The summed E-state index contributed by atoms with van der Waals surface area (Å²) in [5.41, 5.74) is 6.22. The molecule has 17 heavy (non-hydrogen) atoms. The normalized spacial score (nSPS) is 30.1. The van der Waals surface area contributed by atoms with Crippen LogP contribution in [-0.2, 0) is 4.79 Å². The maximum absolute atomic E-state index is 12.1. The fourth-order valence-corrected chi connectivity index (χ4v) is 2.41. The molecule has 0 aromatic rings. The molecule has 3 unspecified atom stereocenters. The van der Waals surface area contributed by atoms with Crippen LogP contribution in [0.1, 0.15) is 53.4 Å². The Kier molecular flexibility index (Phi) is 4.99. The molecular weight excluding hydrogens is 212 g/mol. The lowest BCUT2D eigenvalue weighted by atomic mass is 9.77. The van der Waals surface area contributed by atoms with Crippen molar-refractivity contribution in [2.75, 3.05) is 6.54 Å². The van der Waals surface area contributed by atoms with Crippen molar-refractivity contribution in [3.05, 3.63) is 0 Å². The van der Waals surface area contributed by atoms with Gasteiger partial charge in [0, 0.05) is 18.5 Å². The predicted molar refractivity (Wildman–Crippen MR) is 71.6 cm³/mol. The zero-order chi connectivity index (χ0) is 13.1.